The van der Waals surface area contributed by atoms with E-state index in [1.807, 2.05) is 25.1 Å². The van der Waals surface area contributed by atoms with Crippen LogP contribution in [0.3, 0.4) is 0 Å². The van der Waals surface area contributed by atoms with E-state index in [2.05, 4.69) is 6.92 Å². The van der Waals surface area contributed by atoms with Gasteiger partial charge in [-0.1, -0.05) is 19.1 Å². The van der Waals surface area contributed by atoms with Gasteiger partial charge in [0, 0.05) is 6.07 Å². The Morgan fingerprint density at radius 1 is 1.08 bits per heavy atom. The largest absolute Gasteiger partial charge is 0.497 e. The first kappa shape index (κ1) is 20.3. The highest BCUT2D eigenvalue weighted by Crippen LogP contribution is 2.31. The molecule has 0 saturated heterocycles. The summed E-state index contributed by atoms with van der Waals surface area (Å²) < 4.78 is 16.4. The predicted octanol–water partition coefficient (Wildman–Crippen LogP) is 4.22. The molecule has 0 fully saturated rings. The van der Waals surface area contributed by atoms with Crippen molar-refractivity contribution in [2.75, 3.05) is 14.2 Å². The summed E-state index contributed by atoms with van der Waals surface area (Å²) in [6, 6.07) is 3.51. The smallest absolute Gasteiger partial charge is 0.342 e. The van der Waals surface area contributed by atoms with Crippen molar-refractivity contribution in [3.63, 3.8) is 0 Å². The summed E-state index contributed by atoms with van der Waals surface area (Å²) in [6.07, 6.45) is 7.39. The first-order valence-electron chi connectivity index (χ1n) is 9.27. The fraction of sp³-hybridized carbons (Fsp3) is 0.571. The maximum atomic E-state index is 12.8. The second-order valence-corrected chi connectivity index (χ2v) is 7.01. The number of methoxy groups -OCH3 is 2. The molecular weight excluding hydrogens is 332 g/mol. The molecule has 144 valence electrons. The summed E-state index contributed by atoms with van der Waals surface area (Å²) in [4.78, 5) is 12.8. The molecule has 0 aliphatic carbocycles. The van der Waals surface area contributed by atoms with Crippen LogP contribution >= 0.6 is 0 Å². The van der Waals surface area contributed by atoms with Gasteiger partial charge < -0.3 is 19.3 Å². The number of carbonyl (C=O) groups excluding carboxylic acids is 1. The lowest BCUT2D eigenvalue weighted by molar-refractivity contribution is 0.0306. The minimum Gasteiger partial charge on any atom is -0.497 e. The fourth-order valence-electron chi connectivity index (χ4n) is 3.14. The Kier molecular flexibility index (Phi) is 7.51. The predicted molar refractivity (Wildman–Crippen MR) is 102 cm³/mol. The third-order valence-corrected chi connectivity index (χ3v) is 4.78. The van der Waals surface area contributed by atoms with Gasteiger partial charge in [0.25, 0.3) is 0 Å². The topological polar surface area (TPSA) is 65.0 Å². The summed E-state index contributed by atoms with van der Waals surface area (Å²) in [5, 5.41) is 10.1. The van der Waals surface area contributed by atoms with Crippen LogP contribution in [0.25, 0.3) is 6.08 Å². The Morgan fingerprint density at radius 2 is 1.85 bits per heavy atom. The van der Waals surface area contributed by atoms with Gasteiger partial charge in [-0.25, -0.2) is 4.79 Å². The SMILES string of the molecule is COc1cc2c(c(OC)c1)C(=O)O[C@H](C)CCC[C@@H](O)CC[C@H](C)/C=C/2. The number of aliphatic hydroxyl groups is 1. The number of carbonyl (C=O) groups is 1. The standard InChI is InChI=1S/C21H30O5/c1-14-8-10-16-12-18(24-3)13-19(25-4)20(16)21(23)26-15(2)6-5-7-17(22)11-9-14/h8,10,12-15,17,22H,5-7,9,11H2,1-4H3/b10-8+/t14-,15-,17-/m1/s1. The number of aliphatic hydroxyl groups excluding tert-OH is 1. The molecule has 0 radical (unpaired) electrons. The van der Waals surface area contributed by atoms with Crippen LogP contribution in [0.5, 0.6) is 11.5 Å². The maximum Gasteiger partial charge on any atom is 0.342 e. The average molecular weight is 362 g/mol. The van der Waals surface area contributed by atoms with Crippen LogP contribution in [0.4, 0.5) is 0 Å². The van der Waals surface area contributed by atoms with Crippen molar-refractivity contribution in [1.29, 1.82) is 0 Å². The number of rotatable bonds is 2. The molecule has 0 saturated carbocycles. The van der Waals surface area contributed by atoms with E-state index in [9.17, 15) is 9.90 Å². The first-order valence-corrected chi connectivity index (χ1v) is 9.27. The number of benzene rings is 1. The van der Waals surface area contributed by atoms with Crippen LogP contribution in [0.1, 0.15) is 61.9 Å². The molecule has 2 rings (SSSR count). The number of esters is 1. The van der Waals surface area contributed by atoms with E-state index in [0.29, 0.717) is 22.6 Å². The third-order valence-electron chi connectivity index (χ3n) is 4.78. The number of fused-ring (bicyclic) bond motifs is 1. The Morgan fingerprint density at radius 3 is 2.54 bits per heavy atom. The zero-order valence-corrected chi connectivity index (χ0v) is 16.2. The highest BCUT2D eigenvalue weighted by Gasteiger charge is 2.22. The van der Waals surface area contributed by atoms with Crippen molar-refractivity contribution in [2.24, 2.45) is 5.92 Å². The molecule has 1 aliphatic heterocycles. The molecule has 26 heavy (non-hydrogen) atoms. The summed E-state index contributed by atoms with van der Waals surface area (Å²) in [6.45, 7) is 3.98. The molecule has 1 N–H and O–H groups in total. The lowest BCUT2D eigenvalue weighted by Crippen LogP contribution is -2.18. The highest BCUT2D eigenvalue weighted by atomic mass is 16.5. The Labute approximate surface area is 156 Å². The normalized spacial score (nSPS) is 26.2. The molecule has 5 heteroatoms. The van der Waals surface area contributed by atoms with Crippen LogP contribution < -0.4 is 9.47 Å². The van der Waals surface area contributed by atoms with Crippen molar-refractivity contribution in [2.45, 2.75) is 58.2 Å². The number of cyclic esters (lactones) is 1. The zero-order chi connectivity index (χ0) is 19.1. The van der Waals surface area contributed by atoms with Gasteiger partial charge in [0.15, 0.2) is 0 Å². The van der Waals surface area contributed by atoms with Crippen molar-refractivity contribution < 1.29 is 24.1 Å². The lowest BCUT2D eigenvalue weighted by atomic mass is 9.97. The van der Waals surface area contributed by atoms with Gasteiger partial charge in [-0.05, 0) is 56.6 Å². The van der Waals surface area contributed by atoms with Gasteiger partial charge in [-0.2, -0.15) is 0 Å². The van der Waals surface area contributed by atoms with Gasteiger partial charge in [0.2, 0.25) is 0 Å². The van der Waals surface area contributed by atoms with Gasteiger partial charge >= 0.3 is 5.97 Å². The van der Waals surface area contributed by atoms with E-state index < -0.39 is 5.97 Å². The number of hydrogen-bond acceptors (Lipinski definition) is 5. The molecule has 1 aromatic carbocycles. The van der Waals surface area contributed by atoms with E-state index >= 15 is 0 Å². The van der Waals surface area contributed by atoms with Crippen LogP contribution in [0.2, 0.25) is 0 Å². The maximum absolute atomic E-state index is 12.8. The second-order valence-electron chi connectivity index (χ2n) is 7.01. The van der Waals surface area contributed by atoms with E-state index in [1.165, 1.54) is 7.11 Å². The van der Waals surface area contributed by atoms with E-state index in [1.54, 1.807) is 13.2 Å². The Bertz CT molecular complexity index is 638. The molecule has 1 aliphatic rings. The fourth-order valence-corrected chi connectivity index (χ4v) is 3.14. The monoisotopic (exact) mass is 362 g/mol. The summed E-state index contributed by atoms with van der Waals surface area (Å²) >= 11 is 0. The molecule has 0 bridgehead atoms. The second kappa shape index (κ2) is 9.62. The van der Waals surface area contributed by atoms with Gasteiger partial charge in [0.1, 0.15) is 17.1 Å². The molecule has 3 atom stereocenters. The van der Waals surface area contributed by atoms with Crippen LogP contribution in [0.15, 0.2) is 18.2 Å². The van der Waals surface area contributed by atoms with Gasteiger partial charge in [0.05, 0.1) is 26.4 Å². The quantitative estimate of drug-likeness (QED) is 0.798. The number of allylic oxidation sites excluding steroid dienone is 1. The summed E-state index contributed by atoms with van der Waals surface area (Å²) in [5.74, 6) is 0.946. The molecule has 5 nitrogen and oxygen atoms in total. The Hall–Kier alpha value is -2.01. The van der Waals surface area contributed by atoms with Crippen LogP contribution in [-0.2, 0) is 4.74 Å². The number of hydrogen-bond donors (Lipinski definition) is 1. The third kappa shape index (κ3) is 5.49. The molecule has 0 aromatic heterocycles. The average Bonchev–Trinajstić information content (AvgIpc) is 2.62. The zero-order valence-electron chi connectivity index (χ0n) is 16.2. The van der Waals surface area contributed by atoms with Gasteiger partial charge in [-0.15, -0.1) is 0 Å². The van der Waals surface area contributed by atoms with Crippen molar-refractivity contribution in [3.05, 3.63) is 29.3 Å². The number of ether oxygens (including phenoxy) is 3. The van der Waals surface area contributed by atoms with Crippen molar-refractivity contribution >= 4 is 12.0 Å². The van der Waals surface area contributed by atoms with Gasteiger partial charge in [-0.3, -0.25) is 0 Å². The molecule has 1 aromatic rings. The molecule has 0 spiro atoms. The summed E-state index contributed by atoms with van der Waals surface area (Å²) in [5.41, 5.74) is 1.13. The molecule has 0 unspecified atom stereocenters. The highest BCUT2D eigenvalue weighted by molar-refractivity contribution is 5.97. The minimum atomic E-state index is -0.401. The van der Waals surface area contributed by atoms with E-state index in [0.717, 1.165) is 32.1 Å². The van der Waals surface area contributed by atoms with Crippen molar-refractivity contribution in [1.82, 2.24) is 0 Å². The summed E-state index contributed by atoms with van der Waals surface area (Å²) in [7, 11) is 3.11. The first-order chi connectivity index (χ1) is 12.4. The van der Waals surface area contributed by atoms with Crippen molar-refractivity contribution in [3.8, 4) is 11.5 Å². The molecule has 1 heterocycles. The molecule has 0 amide bonds. The molecular formula is C21H30O5. The van der Waals surface area contributed by atoms with E-state index in [4.69, 9.17) is 14.2 Å². The minimum absolute atomic E-state index is 0.222. The van der Waals surface area contributed by atoms with E-state index in [-0.39, 0.29) is 18.1 Å². The Balaban J connectivity index is 2.43. The van der Waals surface area contributed by atoms with Crippen LogP contribution in [-0.4, -0.2) is 37.5 Å². The lowest BCUT2D eigenvalue weighted by Gasteiger charge is -2.19. The van der Waals surface area contributed by atoms with Crippen LogP contribution in [0, 0.1) is 5.92 Å².